The molecule has 1 aliphatic rings. The third-order valence-corrected chi connectivity index (χ3v) is 4.89. The molecule has 110 valence electrons. The first-order valence-electron chi connectivity index (χ1n) is 6.12. The molecule has 2 rings (SSSR count). The summed E-state index contributed by atoms with van der Waals surface area (Å²) in [6, 6.07) is 3.42. The van der Waals surface area contributed by atoms with Gasteiger partial charge in [-0.25, -0.2) is 13.1 Å². The number of benzene rings is 1. The molecule has 9 heteroatoms. The molecule has 1 aliphatic carbocycles. The van der Waals surface area contributed by atoms with Crippen LogP contribution < -0.4 is 16.0 Å². The van der Waals surface area contributed by atoms with Crippen LogP contribution in [0.25, 0.3) is 0 Å². The van der Waals surface area contributed by atoms with E-state index in [0.717, 1.165) is 18.9 Å². The first kappa shape index (κ1) is 14.7. The first-order chi connectivity index (χ1) is 9.35. The minimum absolute atomic E-state index is 0.230. The lowest BCUT2D eigenvalue weighted by molar-refractivity contribution is -0.387. The molecule has 0 radical (unpaired) electrons. The molecule has 1 aromatic rings. The van der Waals surface area contributed by atoms with Gasteiger partial charge < -0.3 is 5.43 Å². The van der Waals surface area contributed by atoms with Crippen molar-refractivity contribution in [1.29, 1.82) is 0 Å². The van der Waals surface area contributed by atoms with E-state index in [4.69, 9.17) is 5.84 Å². The van der Waals surface area contributed by atoms with E-state index in [-0.39, 0.29) is 16.6 Å². The van der Waals surface area contributed by atoms with Crippen LogP contribution in [0.5, 0.6) is 0 Å². The van der Waals surface area contributed by atoms with Crippen LogP contribution >= 0.6 is 0 Å². The van der Waals surface area contributed by atoms with Gasteiger partial charge in [-0.15, -0.1) is 0 Å². The van der Waals surface area contributed by atoms with Crippen molar-refractivity contribution in [3.05, 3.63) is 28.3 Å². The number of hydrogen-bond acceptors (Lipinski definition) is 6. The number of nitrogens with one attached hydrogen (secondary N) is 2. The quantitative estimate of drug-likeness (QED) is 0.408. The van der Waals surface area contributed by atoms with Crippen molar-refractivity contribution in [2.45, 2.75) is 30.7 Å². The Hall–Kier alpha value is -1.71. The smallest absolute Gasteiger partial charge is 0.291 e. The molecule has 1 aromatic carbocycles. The Kier molecular flexibility index (Phi) is 3.93. The fourth-order valence-electron chi connectivity index (χ4n) is 1.98. The molecule has 0 spiro atoms. The lowest BCUT2D eigenvalue weighted by Gasteiger charge is -2.13. The zero-order valence-corrected chi connectivity index (χ0v) is 11.7. The number of nitro groups is 1. The Bertz CT molecular complexity index is 627. The van der Waals surface area contributed by atoms with Crippen LogP contribution in [0.1, 0.15) is 19.8 Å². The van der Waals surface area contributed by atoms with E-state index in [9.17, 15) is 18.5 Å². The SMILES string of the molecule is CC(NS(=O)(=O)c1ccc(NN)cc1[N+](=O)[O-])C1CC1. The summed E-state index contributed by atoms with van der Waals surface area (Å²) in [6.45, 7) is 1.76. The largest absolute Gasteiger partial charge is 0.324 e. The zero-order valence-electron chi connectivity index (χ0n) is 10.9. The fraction of sp³-hybridized carbons (Fsp3) is 0.455. The molecule has 1 atom stereocenters. The molecule has 1 unspecified atom stereocenters. The monoisotopic (exact) mass is 300 g/mol. The maximum absolute atomic E-state index is 12.2. The molecule has 0 aromatic heterocycles. The Labute approximate surface area is 116 Å². The Morgan fingerprint density at radius 1 is 1.45 bits per heavy atom. The second kappa shape index (κ2) is 5.35. The van der Waals surface area contributed by atoms with E-state index in [2.05, 4.69) is 10.1 Å². The van der Waals surface area contributed by atoms with E-state index in [1.165, 1.54) is 12.1 Å². The van der Waals surface area contributed by atoms with Gasteiger partial charge in [0.05, 0.1) is 10.6 Å². The summed E-state index contributed by atoms with van der Waals surface area (Å²) in [5, 5.41) is 11.0. The van der Waals surface area contributed by atoms with E-state index < -0.39 is 20.6 Å². The van der Waals surface area contributed by atoms with Crippen molar-refractivity contribution in [3.8, 4) is 0 Å². The average molecular weight is 300 g/mol. The second-order valence-corrected chi connectivity index (χ2v) is 6.51. The highest BCUT2D eigenvalue weighted by Gasteiger charge is 2.33. The van der Waals surface area contributed by atoms with Crippen LogP contribution in [-0.4, -0.2) is 19.4 Å². The molecule has 20 heavy (non-hydrogen) atoms. The number of nitrogens with two attached hydrogens (primary N) is 1. The van der Waals surface area contributed by atoms with Crippen LogP contribution in [0.3, 0.4) is 0 Å². The number of nitro benzene ring substituents is 1. The normalized spacial score (nSPS) is 16.7. The number of nitrogen functional groups attached to an aromatic ring is 1. The third kappa shape index (κ3) is 3.06. The van der Waals surface area contributed by atoms with Crippen molar-refractivity contribution in [1.82, 2.24) is 4.72 Å². The number of nitrogens with zero attached hydrogens (tertiary/aromatic N) is 1. The average Bonchev–Trinajstić information content (AvgIpc) is 3.21. The summed E-state index contributed by atoms with van der Waals surface area (Å²) in [5.74, 6) is 5.48. The summed E-state index contributed by atoms with van der Waals surface area (Å²) in [4.78, 5) is 9.92. The standard InChI is InChI=1S/C11H16N4O4S/c1-7(8-2-3-8)14-20(18,19)11-5-4-9(13-12)6-10(11)15(16)17/h4-8,13-14H,2-3,12H2,1H3. The topological polar surface area (TPSA) is 127 Å². The Morgan fingerprint density at radius 2 is 2.10 bits per heavy atom. The number of anilines is 1. The highest BCUT2D eigenvalue weighted by molar-refractivity contribution is 7.89. The van der Waals surface area contributed by atoms with Crippen LogP contribution in [0.4, 0.5) is 11.4 Å². The zero-order chi connectivity index (χ0) is 14.9. The van der Waals surface area contributed by atoms with Crippen molar-refractivity contribution >= 4 is 21.4 Å². The van der Waals surface area contributed by atoms with Crippen LogP contribution in [0.15, 0.2) is 23.1 Å². The molecule has 1 fully saturated rings. The van der Waals surface area contributed by atoms with Crippen LogP contribution in [-0.2, 0) is 10.0 Å². The molecule has 8 nitrogen and oxygen atoms in total. The molecular formula is C11H16N4O4S. The Morgan fingerprint density at radius 3 is 2.60 bits per heavy atom. The predicted octanol–water partition coefficient (Wildman–Crippen LogP) is 0.957. The van der Waals surface area contributed by atoms with Gasteiger partial charge in [0.2, 0.25) is 10.0 Å². The highest BCUT2D eigenvalue weighted by atomic mass is 32.2. The predicted molar refractivity (Wildman–Crippen MR) is 73.4 cm³/mol. The summed E-state index contributed by atoms with van der Waals surface area (Å²) in [7, 11) is -3.93. The van der Waals surface area contributed by atoms with Gasteiger partial charge >= 0.3 is 0 Å². The second-order valence-electron chi connectivity index (χ2n) is 4.83. The van der Waals surface area contributed by atoms with Gasteiger partial charge in [0.1, 0.15) is 0 Å². The van der Waals surface area contributed by atoms with Gasteiger partial charge in [-0.05, 0) is 37.8 Å². The highest BCUT2D eigenvalue weighted by Crippen LogP contribution is 2.34. The van der Waals surface area contributed by atoms with Gasteiger partial charge in [-0.3, -0.25) is 16.0 Å². The van der Waals surface area contributed by atoms with Gasteiger partial charge in [0.25, 0.3) is 5.69 Å². The van der Waals surface area contributed by atoms with Crippen LogP contribution in [0, 0.1) is 16.0 Å². The van der Waals surface area contributed by atoms with Gasteiger partial charge in [-0.2, -0.15) is 0 Å². The summed E-state index contributed by atoms with van der Waals surface area (Å²) >= 11 is 0. The van der Waals surface area contributed by atoms with Crippen molar-refractivity contribution in [3.63, 3.8) is 0 Å². The van der Waals surface area contributed by atoms with E-state index in [1.807, 2.05) is 0 Å². The van der Waals surface area contributed by atoms with Crippen LogP contribution in [0.2, 0.25) is 0 Å². The van der Waals surface area contributed by atoms with Gasteiger partial charge in [0.15, 0.2) is 4.90 Å². The number of hydrazine groups is 1. The molecule has 1 saturated carbocycles. The first-order valence-corrected chi connectivity index (χ1v) is 7.61. The molecular weight excluding hydrogens is 284 g/mol. The maximum Gasteiger partial charge on any atom is 0.291 e. The number of hydrogen-bond donors (Lipinski definition) is 3. The molecule has 4 N–H and O–H groups in total. The molecule has 0 aliphatic heterocycles. The Balaban J connectivity index is 2.36. The lowest BCUT2D eigenvalue weighted by Crippen LogP contribution is -2.34. The summed E-state index contributed by atoms with van der Waals surface area (Å²) in [6.07, 6.45) is 1.95. The number of rotatable bonds is 6. The maximum atomic E-state index is 12.2. The van der Waals surface area contributed by atoms with Crippen molar-refractivity contribution in [2.24, 2.45) is 11.8 Å². The minimum atomic E-state index is -3.93. The molecule has 0 saturated heterocycles. The minimum Gasteiger partial charge on any atom is -0.324 e. The van der Waals surface area contributed by atoms with Gasteiger partial charge in [0, 0.05) is 12.1 Å². The van der Waals surface area contributed by atoms with E-state index in [0.29, 0.717) is 5.92 Å². The van der Waals surface area contributed by atoms with Crippen molar-refractivity contribution in [2.75, 3.05) is 5.43 Å². The van der Waals surface area contributed by atoms with E-state index in [1.54, 1.807) is 6.92 Å². The lowest BCUT2D eigenvalue weighted by atomic mass is 10.2. The fourth-order valence-corrected chi connectivity index (χ4v) is 3.44. The summed E-state index contributed by atoms with van der Waals surface area (Å²) in [5.41, 5.74) is 2.02. The van der Waals surface area contributed by atoms with Crippen molar-refractivity contribution < 1.29 is 13.3 Å². The summed E-state index contributed by atoms with van der Waals surface area (Å²) < 4.78 is 26.9. The third-order valence-electron chi connectivity index (χ3n) is 3.28. The molecule has 0 amide bonds. The van der Waals surface area contributed by atoms with Gasteiger partial charge in [-0.1, -0.05) is 0 Å². The van der Waals surface area contributed by atoms with E-state index >= 15 is 0 Å². The molecule has 0 bridgehead atoms. The number of sulfonamides is 1. The molecule has 0 heterocycles.